The fourth-order valence-corrected chi connectivity index (χ4v) is 2.35. The van der Waals surface area contributed by atoms with Gasteiger partial charge >= 0.3 is 0 Å². The van der Waals surface area contributed by atoms with Gasteiger partial charge in [0.15, 0.2) is 11.6 Å². The molecular weight excluding hydrogens is 286 g/mol. The highest BCUT2D eigenvalue weighted by atomic mass is 16.5. The number of carbonyl (C=O) groups excluding carboxylic acids is 1. The van der Waals surface area contributed by atoms with E-state index in [1.807, 2.05) is 0 Å². The molecule has 1 N–H and O–H groups in total. The number of ether oxygens (including phenoxy) is 1. The third-order valence-corrected chi connectivity index (χ3v) is 3.69. The summed E-state index contributed by atoms with van der Waals surface area (Å²) in [4.78, 5) is 27.9. The Morgan fingerprint density at radius 2 is 2.18 bits per heavy atom. The minimum Gasteiger partial charge on any atom is -0.448 e. The number of hydrogen-bond acceptors (Lipinski definition) is 5. The van der Waals surface area contributed by atoms with Crippen molar-refractivity contribution in [3.8, 4) is 0 Å². The molecule has 0 aromatic carbocycles. The van der Waals surface area contributed by atoms with Crippen molar-refractivity contribution < 1.29 is 13.9 Å². The maximum atomic E-state index is 12.1. The van der Waals surface area contributed by atoms with Gasteiger partial charge in [-0.25, -0.2) is 4.98 Å². The fraction of sp³-hybridized carbons (Fsp3) is 0.400. The quantitative estimate of drug-likeness (QED) is 0.929. The van der Waals surface area contributed by atoms with Gasteiger partial charge in [0.2, 0.25) is 0 Å². The van der Waals surface area contributed by atoms with Crippen molar-refractivity contribution in [3.63, 3.8) is 0 Å². The van der Waals surface area contributed by atoms with Crippen LogP contribution in [0.3, 0.4) is 0 Å². The molecule has 2 aromatic heterocycles. The number of nitrogens with one attached hydrogen (secondary N) is 1. The van der Waals surface area contributed by atoms with E-state index in [2.05, 4.69) is 10.3 Å². The van der Waals surface area contributed by atoms with Crippen LogP contribution < -0.4 is 10.9 Å². The van der Waals surface area contributed by atoms with Gasteiger partial charge in [-0.05, 0) is 18.9 Å². The summed E-state index contributed by atoms with van der Waals surface area (Å²) < 4.78 is 12.1. The third kappa shape index (κ3) is 3.09. The Balaban J connectivity index is 1.71. The molecule has 0 bridgehead atoms. The van der Waals surface area contributed by atoms with Gasteiger partial charge in [-0.3, -0.25) is 9.59 Å². The zero-order valence-electron chi connectivity index (χ0n) is 12.2. The summed E-state index contributed by atoms with van der Waals surface area (Å²) in [5.74, 6) is 0.368. The molecule has 3 rings (SSSR count). The Morgan fingerprint density at radius 3 is 2.91 bits per heavy atom. The van der Waals surface area contributed by atoms with Gasteiger partial charge in [-0.1, -0.05) is 0 Å². The standard InChI is InChI=1S/C15H17N3O4/c1-18-5-2-11(8-13(18)19)16-14(20)12-9-22-15(17-12)10-3-6-21-7-4-10/h2,5,8-10H,3-4,6-7H2,1H3,(H,16,20). The molecule has 0 unspecified atom stereocenters. The lowest BCUT2D eigenvalue weighted by Gasteiger charge is -2.18. The Hall–Kier alpha value is -2.41. The average molecular weight is 303 g/mol. The third-order valence-electron chi connectivity index (χ3n) is 3.69. The van der Waals surface area contributed by atoms with Gasteiger partial charge < -0.3 is 19.0 Å². The maximum Gasteiger partial charge on any atom is 0.277 e. The van der Waals surface area contributed by atoms with Crippen molar-refractivity contribution >= 4 is 11.6 Å². The monoisotopic (exact) mass is 303 g/mol. The Bertz CT molecular complexity index is 728. The van der Waals surface area contributed by atoms with Crippen LogP contribution in [-0.2, 0) is 11.8 Å². The van der Waals surface area contributed by atoms with Gasteiger partial charge in [0, 0.05) is 44.1 Å². The summed E-state index contributed by atoms with van der Waals surface area (Å²) >= 11 is 0. The van der Waals surface area contributed by atoms with E-state index >= 15 is 0 Å². The SMILES string of the molecule is Cn1ccc(NC(=O)c2coc(C3CCOCC3)n2)cc1=O. The van der Waals surface area contributed by atoms with Gasteiger partial charge in [-0.15, -0.1) is 0 Å². The van der Waals surface area contributed by atoms with Gasteiger partial charge in [0.1, 0.15) is 6.26 Å². The van der Waals surface area contributed by atoms with Crippen LogP contribution in [0.15, 0.2) is 33.8 Å². The molecule has 0 aliphatic carbocycles. The summed E-state index contributed by atoms with van der Waals surface area (Å²) in [5, 5.41) is 2.64. The molecule has 1 saturated heterocycles. The maximum absolute atomic E-state index is 12.1. The number of amides is 1. The topological polar surface area (TPSA) is 86.4 Å². The lowest BCUT2D eigenvalue weighted by atomic mass is 10.0. The van der Waals surface area contributed by atoms with E-state index in [-0.39, 0.29) is 17.2 Å². The molecule has 3 heterocycles. The van der Waals surface area contributed by atoms with Crippen LogP contribution in [0.5, 0.6) is 0 Å². The molecule has 1 aliphatic rings. The predicted octanol–water partition coefficient (Wildman–Crippen LogP) is 1.52. The van der Waals surface area contributed by atoms with Gasteiger partial charge in [0.25, 0.3) is 11.5 Å². The normalized spacial score (nSPS) is 15.7. The highest BCUT2D eigenvalue weighted by molar-refractivity contribution is 6.02. The molecule has 1 fully saturated rings. The van der Waals surface area contributed by atoms with Crippen LogP contribution in [-0.4, -0.2) is 28.7 Å². The Kier molecular flexibility index (Phi) is 4.06. The van der Waals surface area contributed by atoms with Crippen molar-refractivity contribution in [2.45, 2.75) is 18.8 Å². The number of carbonyl (C=O) groups is 1. The van der Waals surface area contributed by atoms with Crippen LogP contribution in [0.4, 0.5) is 5.69 Å². The first-order valence-corrected chi connectivity index (χ1v) is 7.14. The summed E-state index contributed by atoms with van der Waals surface area (Å²) in [6, 6.07) is 3.01. The molecule has 22 heavy (non-hydrogen) atoms. The van der Waals surface area contributed by atoms with Crippen molar-refractivity contribution in [3.05, 3.63) is 46.5 Å². The molecule has 0 radical (unpaired) electrons. The largest absolute Gasteiger partial charge is 0.448 e. The Labute approximate surface area is 126 Å². The fourth-order valence-electron chi connectivity index (χ4n) is 2.35. The minimum atomic E-state index is -0.393. The van der Waals surface area contributed by atoms with E-state index in [1.165, 1.54) is 16.9 Å². The van der Waals surface area contributed by atoms with Crippen LogP contribution in [0.2, 0.25) is 0 Å². The first-order chi connectivity index (χ1) is 10.6. The number of pyridine rings is 1. The molecule has 1 amide bonds. The second kappa shape index (κ2) is 6.15. The predicted molar refractivity (Wildman–Crippen MR) is 78.9 cm³/mol. The van der Waals surface area contributed by atoms with Crippen LogP contribution in [0, 0.1) is 0 Å². The molecule has 116 valence electrons. The van der Waals surface area contributed by atoms with Crippen LogP contribution in [0.1, 0.15) is 35.1 Å². The molecule has 7 heteroatoms. The minimum absolute atomic E-state index is 0.194. The van der Waals surface area contributed by atoms with E-state index in [1.54, 1.807) is 19.3 Å². The molecule has 2 aromatic rings. The van der Waals surface area contributed by atoms with Crippen molar-refractivity contribution in [1.29, 1.82) is 0 Å². The van der Waals surface area contributed by atoms with Gasteiger partial charge in [-0.2, -0.15) is 0 Å². The second-order valence-electron chi connectivity index (χ2n) is 5.28. The zero-order valence-corrected chi connectivity index (χ0v) is 12.2. The van der Waals surface area contributed by atoms with Crippen molar-refractivity contribution in [2.24, 2.45) is 7.05 Å². The molecule has 1 aliphatic heterocycles. The highest BCUT2D eigenvalue weighted by Crippen LogP contribution is 2.26. The first-order valence-electron chi connectivity index (χ1n) is 7.14. The molecular formula is C15H17N3O4. The summed E-state index contributed by atoms with van der Waals surface area (Å²) in [6.07, 6.45) is 4.63. The van der Waals surface area contributed by atoms with Crippen LogP contribution >= 0.6 is 0 Å². The average Bonchev–Trinajstić information content (AvgIpc) is 3.02. The van der Waals surface area contributed by atoms with Gasteiger partial charge in [0.05, 0.1) is 0 Å². The lowest BCUT2D eigenvalue weighted by molar-refractivity contribution is 0.0794. The van der Waals surface area contributed by atoms with Crippen LogP contribution in [0.25, 0.3) is 0 Å². The van der Waals surface area contributed by atoms with E-state index in [4.69, 9.17) is 9.15 Å². The second-order valence-corrected chi connectivity index (χ2v) is 5.28. The molecule has 7 nitrogen and oxygen atoms in total. The number of aryl methyl sites for hydroxylation is 1. The first kappa shape index (κ1) is 14.5. The number of anilines is 1. The molecule has 0 saturated carbocycles. The van der Waals surface area contributed by atoms with Crippen molar-refractivity contribution in [2.75, 3.05) is 18.5 Å². The number of hydrogen-bond donors (Lipinski definition) is 1. The number of aromatic nitrogens is 2. The lowest BCUT2D eigenvalue weighted by Crippen LogP contribution is -2.18. The van der Waals surface area contributed by atoms with E-state index in [0.717, 1.165) is 12.8 Å². The van der Waals surface area contributed by atoms with Crippen molar-refractivity contribution in [1.82, 2.24) is 9.55 Å². The summed E-state index contributed by atoms with van der Waals surface area (Å²) in [5.41, 5.74) is 0.451. The molecule has 0 spiro atoms. The summed E-state index contributed by atoms with van der Waals surface area (Å²) in [6.45, 7) is 1.36. The van der Waals surface area contributed by atoms with E-state index in [0.29, 0.717) is 24.8 Å². The number of nitrogens with zero attached hydrogens (tertiary/aromatic N) is 2. The highest BCUT2D eigenvalue weighted by Gasteiger charge is 2.22. The smallest absolute Gasteiger partial charge is 0.277 e. The molecule has 0 atom stereocenters. The number of rotatable bonds is 3. The zero-order chi connectivity index (χ0) is 15.5. The number of oxazole rings is 1. The van der Waals surface area contributed by atoms with E-state index < -0.39 is 5.91 Å². The van der Waals surface area contributed by atoms with E-state index in [9.17, 15) is 9.59 Å². The Morgan fingerprint density at radius 1 is 1.41 bits per heavy atom. The summed E-state index contributed by atoms with van der Waals surface area (Å²) in [7, 11) is 1.64.